The summed E-state index contributed by atoms with van der Waals surface area (Å²) in [5.41, 5.74) is 0.366. The zero-order valence-electron chi connectivity index (χ0n) is 16.1. The van der Waals surface area contributed by atoms with E-state index in [9.17, 15) is 19.1 Å². The van der Waals surface area contributed by atoms with Crippen LogP contribution >= 0.6 is 0 Å². The molecule has 8 heteroatoms. The van der Waals surface area contributed by atoms with Crippen molar-refractivity contribution in [1.29, 1.82) is 0 Å². The summed E-state index contributed by atoms with van der Waals surface area (Å²) in [6, 6.07) is 14.8. The summed E-state index contributed by atoms with van der Waals surface area (Å²) >= 11 is 0. The number of aromatic hydroxyl groups is 1. The van der Waals surface area contributed by atoms with Gasteiger partial charge in [0.25, 0.3) is 11.8 Å². The molecule has 0 unspecified atom stereocenters. The molecule has 0 aliphatic rings. The highest BCUT2D eigenvalue weighted by molar-refractivity contribution is 5.94. The minimum Gasteiger partial charge on any atom is -0.508 e. The van der Waals surface area contributed by atoms with Crippen LogP contribution in [0.4, 0.5) is 4.39 Å². The van der Waals surface area contributed by atoms with Crippen LogP contribution in [0.1, 0.15) is 33.1 Å². The Bertz CT molecular complexity index is 1000. The van der Waals surface area contributed by atoms with Crippen molar-refractivity contribution in [2.75, 3.05) is 13.1 Å². The number of phenols is 1. The molecule has 1 aromatic heterocycles. The maximum atomic E-state index is 12.9. The molecule has 3 rings (SSSR count). The molecule has 0 saturated heterocycles. The molecule has 0 aliphatic carbocycles. The van der Waals surface area contributed by atoms with Gasteiger partial charge in [-0.3, -0.25) is 9.59 Å². The normalized spacial score (nSPS) is 10.4. The fraction of sp³-hybridized carbons (Fsp3) is 0.182. The number of furan rings is 1. The Labute approximate surface area is 172 Å². The van der Waals surface area contributed by atoms with E-state index in [1.807, 2.05) is 0 Å². The quantitative estimate of drug-likeness (QED) is 0.469. The van der Waals surface area contributed by atoms with Crippen LogP contribution in [0.2, 0.25) is 0 Å². The number of phenolic OH excluding ortho intramolecular Hbond substituents is 1. The fourth-order valence-corrected chi connectivity index (χ4v) is 2.59. The Balaban J connectivity index is 1.36. The van der Waals surface area contributed by atoms with Crippen LogP contribution in [-0.4, -0.2) is 30.0 Å². The van der Waals surface area contributed by atoms with Gasteiger partial charge in [-0.2, -0.15) is 0 Å². The number of carbonyl (C=O) groups is 2. The topological polar surface area (TPSA) is 101 Å². The van der Waals surface area contributed by atoms with Crippen molar-refractivity contribution >= 4 is 11.8 Å². The van der Waals surface area contributed by atoms with Gasteiger partial charge < -0.3 is 24.9 Å². The van der Waals surface area contributed by atoms with E-state index in [0.717, 1.165) is 0 Å². The summed E-state index contributed by atoms with van der Waals surface area (Å²) in [5, 5.41) is 14.8. The number of ether oxygens (including phenoxy) is 1. The average molecular weight is 412 g/mol. The molecule has 0 fully saturated rings. The second kappa shape index (κ2) is 10.1. The number of carbonyl (C=O) groups excluding carboxylic acids is 2. The molecule has 2 aromatic carbocycles. The first-order valence-electron chi connectivity index (χ1n) is 9.34. The smallest absolute Gasteiger partial charge is 0.286 e. The molecule has 0 aliphatic heterocycles. The van der Waals surface area contributed by atoms with Crippen LogP contribution in [0.3, 0.4) is 0 Å². The molecule has 1 heterocycles. The average Bonchev–Trinajstić information content (AvgIpc) is 3.22. The van der Waals surface area contributed by atoms with Gasteiger partial charge in [-0.25, -0.2) is 4.39 Å². The third-order valence-corrected chi connectivity index (χ3v) is 4.11. The Kier molecular flexibility index (Phi) is 7.05. The van der Waals surface area contributed by atoms with E-state index in [4.69, 9.17) is 9.15 Å². The maximum absolute atomic E-state index is 12.9. The minimum atomic E-state index is -0.373. The second-order valence-electron chi connectivity index (χ2n) is 6.42. The molecule has 30 heavy (non-hydrogen) atoms. The standard InChI is InChI=1S/C22H21FN2O5/c23-16-5-7-18(8-6-16)29-14-19-9-10-20(30-19)22(28)25-12-2-11-24-21(27)15-3-1-4-17(26)13-15/h1,3-10,13,26H,2,11-12,14H2,(H,24,27)(H,25,28). The van der Waals surface area contributed by atoms with Crippen molar-refractivity contribution in [3.8, 4) is 11.5 Å². The summed E-state index contributed by atoms with van der Waals surface area (Å²) < 4.78 is 23.8. The van der Waals surface area contributed by atoms with Gasteiger partial charge in [0.05, 0.1) is 0 Å². The molecule has 0 saturated carbocycles. The summed E-state index contributed by atoms with van der Waals surface area (Å²) in [4.78, 5) is 24.1. The molecule has 0 spiro atoms. The molecular weight excluding hydrogens is 391 g/mol. The summed E-state index contributed by atoms with van der Waals surface area (Å²) in [7, 11) is 0. The molecule has 3 N–H and O–H groups in total. The summed E-state index contributed by atoms with van der Waals surface area (Å²) in [6.07, 6.45) is 0.525. The van der Waals surface area contributed by atoms with E-state index in [0.29, 0.717) is 36.6 Å². The van der Waals surface area contributed by atoms with Gasteiger partial charge in [-0.15, -0.1) is 0 Å². The highest BCUT2D eigenvalue weighted by atomic mass is 19.1. The molecule has 156 valence electrons. The highest BCUT2D eigenvalue weighted by Crippen LogP contribution is 2.15. The van der Waals surface area contributed by atoms with E-state index in [1.54, 1.807) is 24.3 Å². The first kappa shape index (κ1) is 20.9. The van der Waals surface area contributed by atoms with Crippen molar-refractivity contribution in [3.05, 3.63) is 83.6 Å². The number of benzene rings is 2. The third-order valence-electron chi connectivity index (χ3n) is 4.11. The van der Waals surface area contributed by atoms with Crippen LogP contribution in [-0.2, 0) is 6.61 Å². The van der Waals surface area contributed by atoms with E-state index < -0.39 is 0 Å². The van der Waals surface area contributed by atoms with E-state index in [2.05, 4.69) is 10.6 Å². The number of amides is 2. The Hall–Kier alpha value is -3.81. The van der Waals surface area contributed by atoms with Crippen LogP contribution < -0.4 is 15.4 Å². The highest BCUT2D eigenvalue weighted by Gasteiger charge is 2.11. The Morgan fingerprint density at radius 3 is 2.43 bits per heavy atom. The van der Waals surface area contributed by atoms with Crippen LogP contribution in [0, 0.1) is 5.82 Å². The number of nitrogens with one attached hydrogen (secondary N) is 2. The van der Waals surface area contributed by atoms with Crippen molar-refractivity contribution < 1.29 is 28.2 Å². The molecule has 2 amide bonds. The molecule has 7 nitrogen and oxygen atoms in total. The maximum Gasteiger partial charge on any atom is 0.286 e. The van der Waals surface area contributed by atoms with E-state index >= 15 is 0 Å². The minimum absolute atomic E-state index is 0.0239. The monoisotopic (exact) mass is 412 g/mol. The van der Waals surface area contributed by atoms with Gasteiger partial charge >= 0.3 is 0 Å². The lowest BCUT2D eigenvalue weighted by atomic mass is 10.2. The number of halogens is 1. The predicted molar refractivity (Wildman–Crippen MR) is 107 cm³/mol. The SMILES string of the molecule is O=C(NCCCNC(=O)c1ccc(COc2ccc(F)cc2)o1)c1cccc(O)c1. The van der Waals surface area contributed by atoms with Gasteiger partial charge in [0.15, 0.2) is 5.76 Å². The van der Waals surface area contributed by atoms with Crippen LogP contribution in [0.5, 0.6) is 11.5 Å². The zero-order chi connectivity index (χ0) is 21.3. The number of rotatable bonds is 9. The molecule has 0 bridgehead atoms. The zero-order valence-corrected chi connectivity index (χ0v) is 16.1. The van der Waals surface area contributed by atoms with Crippen molar-refractivity contribution in [1.82, 2.24) is 10.6 Å². The van der Waals surface area contributed by atoms with Crippen LogP contribution in [0.25, 0.3) is 0 Å². The van der Waals surface area contributed by atoms with Gasteiger partial charge in [0.2, 0.25) is 0 Å². The van der Waals surface area contributed by atoms with Crippen LogP contribution in [0.15, 0.2) is 65.1 Å². The van der Waals surface area contributed by atoms with Gasteiger partial charge in [0.1, 0.15) is 29.7 Å². The molecular formula is C22H21FN2O5. The lowest BCUT2D eigenvalue weighted by Crippen LogP contribution is -2.29. The van der Waals surface area contributed by atoms with Crippen molar-refractivity contribution in [3.63, 3.8) is 0 Å². The lowest BCUT2D eigenvalue weighted by molar-refractivity contribution is 0.0921. The van der Waals surface area contributed by atoms with Crippen molar-refractivity contribution in [2.45, 2.75) is 13.0 Å². The van der Waals surface area contributed by atoms with E-state index in [1.165, 1.54) is 36.4 Å². The molecule has 3 aromatic rings. The third kappa shape index (κ3) is 6.10. The molecule has 0 radical (unpaired) electrons. The van der Waals surface area contributed by atoms with Gasteiger partial charge in [0, 0.05) is 18.7 Å². The molecule has 0 atom stereocenters. The number of hydrogen-bond donors (Lipinski definition) is 3. The summed E-state index contributed by atoms with van der Waals surface area (Å²) in [6.45, 7) is 0.824. The second-order valence-corrected chi connectivity index (χ2v) is 6.42. The fourth-order valence-electron chi connectivity index (χ4n) is 2.59. The van der Waals surface area contributed by atoms with Gasteiger partial charge in [-0.05, 0) is 61.0 Å². The first-order chi connectivity index (χ1) is 14.5. The Morgan fingerprint density at radius 1 is 0.967 bits per heavy atom. The largest absolute Gasteiger partial charge is 0.508 e. The van der Waals surface area contributed by atoms with Crippen molar-refractivity contribution in [2.24, 2.45) is 0 Å². The van der Waals surface area contributed by atoms with E-state index in [-0.39, 0.29) is 35.7 Å². The predicted octanol–water partition coefficient (Wildman–Crippen LogP) is 3.25. The Morgan fingerprint density at radius 2 is 1.70 bits per heavy atom. The lowest BCUT2D eigenvalue weighted by Gasteiger charge is -2.06. The number of hydrogen-bond acceptors (Lipinski definition) is 5. The van der Waals surface area contributed by atoms with Gasteiger partial charge in [-0.1, -0.05) is 6.07 Å². The first-order valence-corrected chi connectivity index (χ1v) is 9.34. The summed E-state index contributed by atoms with van der Waals surface area (Å²) in [5.74, 6) is 0.108.